The van der Waals surface area contributed by atoms with Crippen LogP contribution >= 0.6 is 0 Å². The molecule has 1 N–H and O–H groups in total. The van der Waals surface area contributed by atoms with Gasteiger partial charge >= 0.3 is 0 Å². The van der Waals surface area contributed by atoms with Crippen molar-refractivity contribution >= 4 is 12.2 Å². The Morgan fingerprint density at radius 1 is 0.971 bits per heavy atom. The van der Waals surface area contributed by atoms with Crippen LogP contribution in [-0.4, -0.2) is 41.1 Å². The zero-order valence-electron chi connectivity index (χ0n) is 19.0. The minimum absolute atomic E-state index is 0.0555. The lowest BCUT2D eigenvalue weighted by atomic mass is 9.98. The molecule has 1 aliphatic heterocycles. The highest BCUT2D eigenvalue weighted by atomic mass is 19.1. The van der Waals surface area contributed by atoms with Crippen LogP contribution < -0.4 is 9.64 Å². The van der Waals surface area contributed by atoms with Gasteiger partial charge in [-0.25, -0.2) is 27.5 Å². The molecule has 1 saturated heterocycles. The molecule has 0 radical (unpaired) electrons. The van der Waals surface area contributed by atoms with E-state index in [1.54, 1.807) is 0 Å². The van der Waals surface area contributed by atoms with Crippen molar-refractivity contribution in [1.82, 2.24) is 9.97 Å². The van der Waals surface area contributed by atoms with Crippen LogP contribution in [0, 0.1) is 29.2 Å². The van der Waals surface area contributed by atoms with Gasteiger partial charge in [0.25, 0.3) is 0 Å². The number of oxime groups is 1. The molecule has 1 aliphatic rings. The molecule has 3 aromatic rings. The maximum absolute atomic E-state index is 14.7. The first-order valence-electron chi connectivity index (χ1n) is 11.2. The monoisotopic (exact) mass is 488 g/mol. The summed E-state index contributed by atoms with van der Waals surface area (Å²) in [5, 5.41) is 11.1. The highest BCUT2D eigenvalue weighted by Gasteiger charge is 2.23. The molecule has 0 atom stereocenters. The molecule has 0 bridgehead atoms. The van der Waals surface area contributed by atoms with E-state index < -0.39 is 34.6 Å². The van der Waals surface area contributed by atoms with Crippen molar-refractivity contribution in [3.63, 3.8) is 0 Å². The van der Waals surface area contributed by atoms with Crippen LogP contribution in [0.4, 0.5) is 23.5 Å². The lowest BCUT2D eigenvalue weighted by Crippen LogP contribution is -2.36. The third kappa shape index (κ3) is 5.52. The minimum atomic E-state index is -1.03. The topological polar surface area (TPSA) is 70.8 Å². The summed E-state index contributed by atoms with van der Waals surface area (Å²) in [6, 6.07) is 3.74. The molecule has 4 rings (SSSR count). The van der Waals surface area contributed by atoms with Crippen molar-refractivity contribution in [2.45, 2.75) is 26.2 Å². The maximum atomic E-state index is 14.7. The van der Waals surface area contributed by atoms with Crippen LogP contribution in [0.5, 0.6) is 5.75 Å². The first kappa shape index (κ1) is 24.4. The number of rotatable bonds is 7. The largest absolute Gasteiger partial charge is 0.487 e. The van der Waals surface area contributed by atoms with Crippen molar-refractivity contribution in [3.8, 4) is 16.9 Å². The predicted molar refractivity (Wildman–Crippen MR) is 123 cm³/mol. The highest BCUT2D eigenvalue weighted by molar-refractivity contribution is 5.81. The summed E-state index contributed by atoms with van der Waals surface area (Å²) in [7, 11) is 0. The molecule has 35 heavy (non-hydrogen) atoms. The van der Waals surface area contributed by atoms with Crippen LogP contribution in [0.25, 0.3) is 11.1 Å². The van der Waals surface area contributed by atoms with Crippen LogP contribution in [0.2, 0.25) is 0 Å². The Morgan fingerprint density at radius 2 is 1.51 bits per heavy atom. The van der Waals surface area contributed by atoms with Crippen LogP contribution in [0.15, 0.2) is 41.8 Å². The minimum Gasteiger partial charge on any atom is -0.487 e. The third-order valence-corrected chi connectivity index (χ3v) is 6.06. The van der Waals surface area contributed by atoms with Gasteiger partial charge in [-0.05, 0) is 66.1 Å². The zero-order chi connectivity index (χ0) is 24.9. The molecule has 2 heterocycles. The lowest BCUT2D eigenvalue weighted by Gasteiger charge is -2.31. The van der Waals surface area contributed by atoms with E-state index in [9.17, 15) is 17.6 Å². The summed E-state index contributed by atoms with van der Waals surface area (Å²) in [5.74, 6) is -3.76. The van der Waals surface area contributed by atoms with Gasteiger partial charge in [0.1, 0.15) is 11.6 Å². The molecule has 184 valence electrons. The van der Waals surface area contributed by atoms with E-state index in [2.05, 4.69) is 20.0 Å². The van der Waals surface area contributed by atoms with Crippen LogP contribution in [-0.2, 0) is 6.42 Å². The second kappa shape index (κ2) is 10.7. The smallest absolute Gasteiger partial charge is 0.225 e. The van der Waals surface area contributed by atoms with Crippen molar-refractivity contribution in [3.05, 3.63) is 71.1 Å². The van der Waals surface area contributed by atoms with Crippen molar-refractivity contribution in [1.29, 1.82) is 0 Å². The molecule has 6 nitrogen and oxygen atoms in total. The van der Waals surface area contributed by atoms with Gasteiger partial charge in [0.05, 0.1) is 18.4 Å². The normalized spacial score (nSPS) is 14.6. The maximum Gasteiger partial charge on any atom is 0.225 e. The predicted octanol–water partition coefficient (Wildman–Crippen LogP) is 5.37. The number of aromatic nitrogens is 2. The van der Waals surface area contributed by atoms with Crippen molar-refractivity contribution < 1.29 is 27.5 Å². The van der Waals surface area contributed by atoms with E-state index in [1.165, 1.54) is 0 Å². The molecule has 0 aliphatic carbocycles. The fraction of sp³-hybridized carbons (Fsp3) is 0.320. The number of benzene rings is 2. The second-order valence-electron chi connectivity index (χ2n) is 8.35. The fourth-order valence-electron chi connectivity index (χ4n) is 3.99. The van der Waals surface area contributed by atoms with Gasteiger partial charge in [-0.15, -0.1) is 0 Å². The Morgan fingerprint density at radius 3 is 2.03 bits per heavy atom. The summed E-state index contributed by atoms with van der Waals surface area (Å²) < 4.78 is 63.0. The molecule has 0 amide bonds. The van der Waals surface area contributed by atoms with E-state index in [1.807, 2.05) is 19.3 Å². The van der Waals surface area contributed by atoms with Crippen LogP contribution in [0.1, 0.15) is 30.9 Å². The summed E-state index contributed by atoms with van der Waals surface area (Å²) in [5.41, 5.74) is 0.379. The van der Waals surface area contributed by atoms with Crippen molar-refractivity contribution in [2.75, 3.05) is 24.6 Å². The third-order valence-electron chi connectivity index (χ3n) is 6.06. The van der Waals surface area contributed by atoms with Gasteiger partial charge in [0, 0.05) is 25.5 Å². The molecule has 0 saturated carbocycles. The van der Waals surface area contributed by atoms with Gasteiger partial charge in [0.2, 0.25) is 5.95 Å². The standard InChI is InChI=1S/C25H24F4N4O2/c1-2-15-11-30-25(31-12-15)33-5-3-16(4-6-33)14-35-24-22(28)9-18(10-23(24)29)17-7-20(26)19(13-32-34)21(27)8-17/h7-13,16,34H,2-6,14H2,1H3/b32-13+. The number of piperidine rings is 1. The van der Waals surface area contributed by atoms with E-state index in [-0.39, 0.29) is 23.7 Å². The van der Waals surface area contributed by atoms with Gasteiger partial charge in [-0.2, -0.15) is 0 Å². The molecule has 2 aromatic carbocycles. The molecule has 0 unspecified atom stereocenters. The second-order valence-corrected chi connectivity index (χ2v) is 8.35. The Labute approximate surface area is 199 Å². The molecule has 0 spiro atoms. The summed E-state index contributed by atoms with van der Waals surface area (Å²) >= 11 is 0. The number of halogens is 4. The first-order valence-corrected chi connectivity index (χ1v) is 11.2. The molecule has 1 aromatic heterocycles. The summed E-state index contributed by atoms with van der Waals surface area (Å²) in [6.07, 6.45) is 6.60. The molecule has 1 fully saturated rings. The number of hydrogen-bond acceptors (Lipinski definition) is 6. The van der Waals surface area contributed by atoms with E-state index in [4.69, 9.17) is 9.94 Å². The quantitative estimate of drug-likeness (QED) is 0.210. The molecular weight excluding hydrogens is 464 g/mol. The number of hydrogen-bond donors (Lipinski definition) is 1. The van der Waals surface area contributed by atoms with Gasteiger partial charge in [-0.1, -0.05) is 12.1 Å². The number of ether oxygens (including phenoxy) is 1. The Balaban J connectivity index is 1.39. The number of nitrogens with zero attached hydrogens (tertiary/aromatic N) is 4. The highest BCUT2D eigenvalue weighted by Crippen LogP contribution is 2.31. The zero-order valence-corrected chi connectivity index (χ0v) is 19.0. The Kier molecular flexibility index (Phi) is 7.48. The Bertz CT molecular complexity index is 1170. The molecule has 10 heteroatoms. The summed E-state index contributed by atoms with van der Waals surface area (Å²) in [4.78, 5) is 10.9. The van der Waals surface area contributed by atoms with E-state index in [0.29, 0.717) is 25.3 Å². The van der Waals surface area contributed by atoms with Gasteiger partial charge < -0.3 is 14.8 Å². The van der Waals surface area contributed by atoms with Crippen LogP contribution in [0.3, 0.4) is 0 Å². The fourth-order valence-corrected chi connectivity index (χ4v) is 3.99. The summed E-state index contributed by atoms with van der Waals surface area (Å²) in [6.45, 7) is 3.58. The number of anilines is 1. The average molecular weight is 488 g/mol. The van der Waals surface area contributed by atoms with Gasteiger partial charge in [0.15, 0.2) is 17.4 Å². The van der Waals surface area contributed by atoms with E-state index >= 15 is 0 Å². The SMILES string of the molecule is CCc1cnc(N2CCC(COc3c(F)cc(-c4cc(F)c(/C=N/O)c(F)c4)cc3F)CC2)nc1. The van der Waals surface area contributed by atoms with Crippen molar-refractivity contribution in [2.24, 2.45) is 11.1 Å². The average Bonchev–Trinajstić information content (AvgIpc) is 2.86. The van der Waals surface area contributed by atoms with Gasteiger partial charge in [-0.3, -0.25) is 0 Å². The Hall–Kier alpha value is -3.69. The molecular formula is C25H24F4N4O2. The first-order chi connectivity index (χ1) is 16.9. The lowest BCUT2D eigenvalue weighted by molar-refractivity contribution is 0.207. The number of aryl methyl sites for hydroxylation is 1. The van der Waals surface area contributed by atoms with E-state index in [0.717, 1.165) is 49.1 Å².